The van der Waals surface area contributed by atoms with Gasteiger partial charge in [-0.1, -0.05) is 42.5 Å². The van der Waals surface area contributed by atoms with Crippen LogP contribution in [-0.4, -0.2) is 79.5 Å². The highest BCUT2D eigenvalue weighted by Gasteiger charge is 2.14. The lowest BCUT2D eigenvalue weighted by Crippen LogP contribution is -2.28. The van der Waals surface area contributed by atoms with Crippen LogP contribution in [0.2, 0.25) is 0 Å². The molecule has 0 amide bonds. The van der Waals surface area contributed by atoms with E-state index >= 15 is 0 Å². The zero-order valence-electron chi connectivity index (χ0n) is 19.5. The van der Waals surface area contributed by atoms with E-state index in [-0.39, 0.29) is 0 Å². The van der Waals surface area contributed by atoms with E-state index in [1.165, 1.54) is 24.1 Å². The van der Waals surface area contributed by atoms with E-state index in [1.807, 2.05) is 0 Å². The van der Waals surface area contributed by atoms with E-state index in [1.54, 1.807) is 0 Å². The van der Waals surface area contributed by atoms with E-state index in [9.17, 15) is 5.26 Å². The summed E-state index contributed by atoms with van der Waals surface area (Å²) in [6.45, 7) is 9.46. The summed E-state index contributed by atoms with van der Waals surface area (Å²) in [7, 11) is 4.35. The van der Waals surface area contributed by atoms with Gasteiger partial charge in [-0.05, 0) is 68.1 Å². The number of hydrogen-bond donors (Lipinski definition) is 0. The molecule has 2 aliphatic heterocycles. The molecule has 0 unspecified atom stereocenters. The van der Waals surface area contributed by atoms with Crippen molar-refractivity contribution in [2.45, 2.75) is 19.5 Å². The predicted octanol–water partition coefficient (Wildman–Crippen LogP) is 3.62. The second-order valence-corrected chi connectivity index (χ2v) is 9.24. The molecule has 0 bridgehead atoms. The molecule has 1 saturated heterocycles. The van der Waals surface area contributed by atoms with E-state index in [2.05, 4.69) is 94.5 Å². The number of nitriles is 1. The zero-order valence-corrected chi connectivity index (χ0v) is 19.5. The molecular formula is C27H35N5. The Bertz CT molecular complexity index is 959. The molecule has 0 saturated carbocycles. The first kappa shape index (κ1) is 22.5. The molecule has 2 aromatic rings. The van der Waals surface area contributed by atoms with E-state index in [4.69, 9.17) is 0 Å². The van der Waals surface area contributed by atoms with Gasteiger partial charge in [-0.3, -0.25) is 4.90 Å². The summed E-state index contributed by atoms with van der Waals surface area (Å²) < 4.78 is 0. The van der Waals surface area contributed by atoms with Crippen molar-refractivity contribution in [1.82, 2.24) is 19.6 Å². The number of hydrogen-bond acceptors (Lipinski definition) is 5. The Morgan fingerprint density at radius 1 is 0.812 bits per heavy atom. The zero-order chi connectivity index (χ0) is 22.3. The van der Waals surface area contributed by atoms with Gasteiger partial charge in [-0.15, -0.1) is 0 Å². The minimum absolute atomic E-state index is 0.765. The minimum Gasteiger partial charge on any atom is -0.372 e. The van der Waals surface area contributed by atoms with Gasteiger partial charge in [-0.25, -0.2) is 0 Å². The lowest BCUT2D eigenvalue weighted by atomic mass is 9.97. The Hall–Kier alpha value is -2.65. The average Bonchev–Trinajstić information content (AvgIpc) is 3.14. The fourth-order valence-electron chi connectivity index (χ4n) is 4.55. The summed E-state index contributed by atoms with van der Waals surface area (Å²) in [6.07, 6.45) is 5.65. The first-order chi connectivity index (χ1) is 15.6. The van der Waals surface area contributed by atoms with Crippen molar-refractivity contribution in [3.05, 3.63) is 71.4 Å². The Balaban J connectivity index is 1.43. The minimum atomic E-state index is 0.765. The number of likely N-dealkylation sites (N-methyl/N-ethyl adjacent to an activating group) is 2. The maximum Gasteiger partial charge on any atom is 0.0998 e. The first-order valence-electron chi connectivity index (χ1n) is 11.7. The maximum absolute atomic E-state index is 9.82. The van der Waals surface area contributed by atoms with Gasteiger partial charge in [0, 0.05) is 45.8 Å². The van der Waals surface area contributed by atoms with Crippen LogP contribution in [0.25, 0.3) is 11.1 Å². The average molecular weight is 430 g/mol. The maximum atomic E-state index is 9.82. The third kappa shape index (κ3) is 5.98. The highest BCUT2D eigenvalue weighted by atomic mass is 15.2. The fraction of sp³-hybridized carbons (Fsp3) is 0.444. The Morgan fingerprint density at radius 3 is 2.41 bits per heavy atom. The number of nitrogens with zero attached hydrogens (tertiary/aromatic N) is 5. The van der Waals surface area contributed by atoms with Gasteiger partial charge in [0.1, 0.15) is 0 Å². The second-order valence-electron chi connectivity index (χ2n) is 9.24. The summed E-state index contributed by atoms with van der Waals surface area (Å²) in [6, 6.07) is 17.5. The number of benzene rings is 2. The standard InChI is InChI=1S/C27H35N5/c1-29-11-3-13-31(17-15-29)21-23-5-8-25(9-6-23)27-10-7-24(19-26(27)20-28)22-32-14-4-12-30(2)16-18-32/h3,5-10,13,19H,4,11-12,14-18,21-22H2,1-2H3. The Kier molecular flexibility index (Phi) is 7.59. The molecule has 0 N–H and O–H groups in total. The fourth-order valence-corrected chi connectivity index (χ4v) is 4.55. The molecule has 0 spiro atoms. The van der Waals surface area contributed by atoms with Gasteiger partial charge in [0.05, 0.1) is 11.6 Å². The second kappa shape index (κ2) is 10.8. The molecule has 4 rings (SSSR count). The van der Waals surface area contributed by atoms with Crippen molar-refractivity contribution in [1.29, 1.82) is 5.26 Å². The largest absolute Gasteiger partial charge is 0.372 e. The summed E-state index contributed by atoms with van der Waals surface area (Å²) in [5, 5.41) is 9.82. The van der Waals surface area contributed by atoms with Gasteiger partial charge in [0.25, 0.3) is 0 Å². The van der Waals surface area contributed by atoms with Crippen LogP contribution in [-0.2, 0) is 13.1 Å². The van der Waals surface area contributed by atoms with Gasteiger partial charge in [-0.2, -0.15) is 5.26 Å². The Labute approximate surface area is 193 Å². The molecule has 168 valence electrons. The summed E-state index contributed by atoms with van der Waals surface area (Å²) in [5.41, 5.74) is 5.42. The molecule has 2 aliphatic rings. The third-order valence-corrected chi connectivity index (χ3v) is 6.58. The van der Waals surface area contributed by atoms with Gasteiger partial charge in [0.15, 0.2) is 0 Å². The highest BCUT2D eigenvalue weighted by Crippen LogP contribution is 2.26. The first-order valence-corrected chi connectivity index (χ1v) is 11.7. The third-order valence-electron chi connectivity index (χ3n) is 6.58. The van der Waals surface area contributed by atoms with Crippen molar-refractivity contribution >= 4 is 0 Å². The van der Waals surface area contributed by atoms with Gasteiger partial charge < -0.3 is 14.7 Å². The van der Waals surface area contributed by atoms with E-state index < -0.39 is 0 Å². The lowest BCUT2D eigenvalue weighted by molar-refractivity contribution is 0.269. The van der Waals surface area contributed by atoms with Crippen molar-refractivity contribution in [2.24, 2.45) is 0 Å². The topological polar surface area (TPSA) is 36.8 Å². The van der Waals surface area contributed by atoms with Crippen LogP contribution < -0.4 is 0 Å². The molecule has 2 aromatic carbocycles. The van der Waals surface area contributed by atoms with Crippen LogP contribution in [0.1, 0.15) is 23.1 Å². The molecule has 5 heteroatoms. The van der Waals surface area contributed by atoms with Crippen LogP contribution in [0.5, 0.6) is 0 Å². The molecule has 32 heavy (non-hydrogen) atoms. The summed E-state index contributed by atoms with van der Waals surface area (Å²) in [4.78, 5) is 9.60. The van der Waals surface area contributed by atoms with Crippen molar-refractivity contribution in [2.75, 3.05) is 59.9 Å². The van der Waals surface area contributed by atoms with E-state index in [0.717, 1.165) is 69.0 Å². The summed E-state index contributed by atoms with van der Waals surface area (Å²) in [5.74, 6) is 0. The van der Waals surface area contributed by atoms with Crippen LogP contribution in [0.3, 0.4) is 0 Å². The van der Waals surface area contributed by atoms with E-state index in [0.29, 0.717) is 0 Å². The lowest BCUT2D eigenvalue weighted by Gasteiger charge is -2.21. The van der Waals surface area contributed by atoms with Crippen LogP contribution >= 0.6 is 0 Å². The SMILES string of the molecule is CN1CC=CN(Cc2ccc(-c3ccc(CN4CCCN(C)CC4)cc3C#N)cc2)CC1. The Morgan fingerprint density at radius 2 is 1.59 bits per heavy atom. The van der Waals surface area contributed by atoms with Crippen molar-refractivity contribution < 1.29 is 0 Å². The monoisotopic (exact) mass is 429 g/mol. The highest BCUT2D eigenvalue weighted by molar-refractivity contribution is 5.71. The van der Waals surface area contributed by atoms with Crippen LogP contribution in [0.4, 0.5) is 0 Å². The number of rotatable bonds is 5. The molecular weight excluding hydrogens is 394 g/mol. The van der Waals surface area contributed by atoms with Gasteiger partial charge in [0.2, 0.25) is 0 Å². The molecule has 0 atom stereocenters. The molecule has 0 aromatic heterocycles. The molecule has 2 heterocycles. The predicted molar refractivity (Wildman–Crippen MR) is 131 cm³/mol. The normalized spacial score (nSPS) is 18.8. The van der Waals surface area contributed by atoms with Crippen LogP contribution in [0.15, 0.2) is 54.7 Å². The molecule has 0 aliphatic carbocycles. The van der Waals surface area contributed by atoms with Crippen LogP contribution in [0, 0.1) is 11.3 Å². The van der Waals surface area contributed by atoms with Crippen molar-refractivity contribution in [3.63, 3.8) is 0 Å². The van der Waals surface area contributed by atoms with Gasteiger partial charge >= 0.3 is 0 Å². The molecule has 0 radical (unpaired) electrons. The summed E-state index contributed by atoms with van der Waals surface area (Å²) >= 11 is 0. The molecule has 1 fully saturated rings. The quantitative estimate of drug-likeness (QED) is 0.726. The van der Waals surface area contributed by atoms with Crippen molar-refractivity contribution in [3.8, 4) is 17.2 Å². The molecule has 5 nitrogen and oxygen atoms in total. The smallest absolute Gasteiger partial charge is 0.0998 e.